The van der Waals surface area contributed by atoms with Crippen molar-refractivity contribution in [3.8, 4) is 0 Å². The van der Waals surface area contributed by atoms with Gasteiger partial charge >= 0.3 is 0 Å². The molecule has 0 bridgehead atoms. The van der Waals surface area contributed by atoms with E-state index in [0.717, 1.165) is 11.6 Å². The average Bonchev–Trinajstić information content (AvgIpc) is 2.63. The molecule has 0 radical (unpaired) electrons. The fourth-order valence-corrected chi connectivity index (χ4v) is 2.12. The van der Waals surface area contributed by atoms with Crippen LogP contribution >= 0.6 is 0 Å². The molecule has 0 amide bonds. The molecule has 0 saturated carbocycles. The van der Waals surface area contributed by atoms with Crippen LogP contribution in [-0.4, -0.2) is 5.54 Å². The Morgan fingerprint density at radius 2 is 1.89 bits per heavy atom. The van der Waals surface area contributed by atoms with Crippen LogP contribution in [0.5, 0.6) is 0 Å². The van der Waals surface area contributed by atoms with Crippen molar-refractivity contribution in [2.75, 3.05) is 0 Å². The maximum atomic E-state index is 13.9. The van der Waals surface area contributed by atoms with Crippen LogP contribution < -0.4 is 5.32 Å². The van der Waals surface area contributed by atoms with Gasteiger partial charge in [-0.3, -0.25) is 0 Å². The summed E-state index contributed by atoms with van der Waals surface area (Å²) in [5, 5.41) is 3.70. The molecule has 2 aromatic rings. The Hall–Kier alpha value is -1.42. The molecule has 0 aliphatic heterocycles. The van der Waals surface area contributed by atoms with E-state index >= 15 is 0 Å². The number of nitrogens with one attached hydrogen (secondary N) is 1. The van der Waals surface area contributed by atoms with Crippen LogP contribution in [-0.2, 0) is 13.0 Å². The van der Waals surface area contributed by atoms with Crippen molar-refractivity contribution in [2.45, 2.75) is 46.2 Å². The second kappa shape index (κ2) is 4.93. The number of hydrogen-bond donors (Lipinski definition) is 1. The number of halogens is 2. The Labute approximate surface area is 111 Å². The molecule has 0 saturated heterocycles. The largest absolute Gasteiger partial charge is 0.459 e. The van der Waals surface area contributed by atoms with Gasteiger partial charge in [-0.15, -0.1) is 0 Å². The molecule has 0 spiro atoms. The molecule has 2 rings (SSSR count). The van der Waals surface area contributed by atoms with E-state index in [4.69, 9.17) is 4.42 Å². The SMILES string of the molecule is CCc1c(CNC(C)(C)C)oc2cc(F)cc(F)c12. The summed E-state index contributed by atoms with van der Waals surface area (Å²) in [6.45, 7) is 8.57. The van der Waals surface area contributed by atoms with Gasteiger partial charge in [0.15, 0.2) is 0 Å². The topological polar surface area (TPSA) is 25.2 Å². The van der Waals surface area contributed by atoms with Gasteiger partial charge in [0.05, 0.1) is 11.9 Å². The van der Waals surface area contributed by atoms with Gasteiger partial charge in [0.25, 0.3) is 0 Å². The quantitative estimate of drug-likeness (QED) is 0.903. The van der Waals surface area contributed by atoms with Gasteiger partial charge in [-0.1, -0.05) is 6.92 Å². The number of benzene rings is 1. The summed E-state index contributed by atoms with van der Waals surface area (Å²) in [7, 11) is 0. The molecule has 1 heterocycles. The first kappa shape index (κ1) is 14.0. The average molecular weight is 267 g/mol. The lowest BCUT2D eigenvalue weighted by molar-refractivity contribution is 0.393. The summed E-state index contributed by atoms with van der Waals surface area (Å²) in [4.78, 5) is 0. The van der Waals surface area contributed by atoms with Crippen LogP contribution in [0.3, 0.4) is 0 Å². The molecular weight excluding hydrogens is 248 g/mol. The predicted octanol–water partition coefficient (Wildman–Crippen LogP) is 4.16. The van der Waals surface area contributed by atoms with Crippen LogP contribution in [0.4, 0.5) is 8.78 Å². The van der Waals surface area contributed by atoms with Crippen molar-refractivity contribution in [1.82, 2.24) is 5.32 Å². The summed E-state index contributed by atoms with van der Waals surface area (Å²) >= 11 is 0. The Morgan fingerprint density at radius 1 is 1.21 bits per heavy atom. The lowest BCUT2D eigenvalue weighted by Gasteiger charge is -2.19. The lowest BCUT2D eigenvalue weighted by atomic mass is 10.1. The summed E-state index contributed by atoms with van der Waals surface area (Å²) in [6.07, 6.45) is 0.650. The van der Waals surface area contributed by atoms with Gasteiger partial charge in [-0.05, 0) is 27.2 Å². The Balaban J connectivity index is 2.47. The molecule has 0 fully saturated rings. The van der Waals surface area contributed by atoms with Crippen molar-refractivity contribution >= 4 is 11.0 Å². The second-order valence-corrected chi connectivity index (χ2v) is 5.72. The van der Waals surface area contributed by atoms with Crippen LogP contribution in [0, 0.1) is 11.6 Å². The molecule has 1 N–H and O–H groups in total. The van der Waals surface area contributed by atoms with Crippen molar-refractivity contribution in [2.24, 2.45) is 0 Å². The van der Waals surface area contributed by atoms with E-state index in [1.807, 2.05) is 27.7 Å². The molecule has 1 aromatic carbocycles. The monoisotopic (exact) mass is 267 g/mol. The number of furan rings is 1. The molecule has 104 valence electrons. The highest BCUT2D eigenvalue weighted by atomic mass is 19.1. The smallest absolute Gasteiger partial charge is 0.140 e. The van der Waals surface area contributed by atoms with Crippen molar-refractivity contribution in [3.05, 3.63) is 35.1 Å². The van der Waals surface area contributed by atoms with E-state index < -0.39 is 11.6 Å². The van der Waals surface area contributed by atoms with E-state index in [1.165, 1.54) is 6.07 Å². The van der Waals surface area contributed by atoms with Gasteiger partial charge in [0.1, 0.15) is 23.0 Å². The van der Waals surface area contributed by atoms with Crippen LogP contribution in [0.2, 0.25) is 0 Å². The van der Waals surface area contributed by atoms with Crippen molar-refractivity contribution < 1.29 is 13.2 Å². The van der Waals surface area contributed by atoms with E-state index in [1.54, 1.807) is 0 Å². The van der Waals surface area contributed by atoms with Crippen molar-refractivity contribution in [1.29, 1.82) is 0 Å². The lowest BCUT2D eigenvalue weighted by Crippen LogP contribution is -2.35. The third kappa shape index (κ3) is 2.95. The Kier molecular flexibility index (Phi) is 3.63. The van der Waals surface area contributed by atoms with E-state index in [2.05, 4.69) is 5.32 Å². The summed E-state index contributed by atoms with van der Waals surface area (Å²) in [5.41, 5.74) is 1.03. The minimum atomic E-state index is -0.614. The highest BCUT2D eigenvalue weighted by Crippen LogP contribution is 2.30. The van der Waals surface area contributed by atoms with Gasteiger partial charge in [-0.2, -0.15) is 0 Å². The highest BCUT2D eigenvalue weighted by Gasteiger charge is 2.19. The third-order valence-corrected chi connectivity index (χ3v) is 3.02. The third-order valence-electron chi connectivity index (χ3n) is 3.02. The van der Waals surface area contributed by atoms with Gasteiger partial charge in [0, 0.05) is 23.2 Å². The summed E-state index contributed by atoms with van der Waals surface area (Å²) < 4.78 is 32.7. The minimum absolute atomic E-state index is 0.0617. The number of hydrogen-bond acceptors (Lipinski definition) is 2. The molecule has 0 aliphatic carbocycles. The maximum absolute atomic E-state index is 13.9. The molecule has 0 aliphatic rings. The van der Waals surface area contributed by atoms with Crippen LogP contribution in [0.25, 0.3) is 11.0 Å². The summed E-state index contributed by atoms with van der Waals surface area (Å²) in [6, 6.07) is 2.14. The number of fused-ring (bicyclic) bond motifs is 1. The molecule has 0 atom stereocenters. The van der Waals surface area contributed by atoms with E-state index in [9.17, 15) is 8.78 Å². The molecular formula is C15H19F2NO. The highest BCUT2D eigenvalue weighted by molar-refractivity contribution is 5.83. The Bertz CT molecular complexity index is 596. The molecule has 0 unspecified atom stereocenters. The van der Waals surface area contributed by atoms with E-state index in [0.29, 0.717) is 24.1 Å². The van der Waals surface area contributed by atoms with Crippen molar-refractivity contribution in [3.63, 3.8) is 0 Å². The van der Waals surface area contributed by atoms with Gasteiger partial charge < -0.3 is 9.73 Å². The minimum Gasteiger partial charge on any atom is -0.459 e. The fourth-order valence-electron chi connectivity index (χ4n) is 2.12. The maximum Gasteiger partial charge on any atom is 0.140 e. The predicted molar refractivity (Wildman–Crippen MR) is 72.1 cm³/mol. The standard InChI is InChI=1S/C15H19F2NO/c1-5-10-13(8-18-15(2,3)4)19-12-7-9(16)6-11(17)14(10)12/h6-7,18H,5,8H2,1-4H3. The number of rotatable bonds is 3. The van der Waals surface area contributed by atoms with Crippen LogP contribution in [0.1, 0.15) is 39.0 Å². The zero-order valence-electron chi connectivity index (χ0n) is 11.7. The molecule has 19 heavy (non-hydrogen) atoms. The normalized spacial score (nSPS) is 12.3. The first-order valence-electron chi connectivity index (χ1n) is 6.46. The second-order valence-electron chi connectivity index (χ2n) is 5.72. The van der Waals surface area contributed by atoms with E-state index in [-0.39, 0.29) is 11.1 Å². The molecule has 2 nitrogen and oxygen atoms in total. The first-order valence-corrected chi connectivity index (χ1v) is 6.46. The molecule has 4 heteroatoms. The summed E-state index contributed by atoms with van der Waals surface area (Å²) in [5.74, 6) is -0.494. The van der Waals surface area contributed by atoms with Gasteiger partial charge in [-0.25, -0.2) is 8.78 Å². The zero-order valence-corrected chi connectivity index (χ0v) is 11.7. The zero-order chi connectivity index (χ0) is 14.2. The first-order chi connectivity index (χ1) is 8.81. The fraction of sp³-hybridized carbons (Fsp3) is 0.467. The van der Waals surface area contributed by atoms with Gasteiger partial charge in [0.2, 0.25) is 0 Å². The van der Waals surface area contributed by atoms with Crippen LogP contribution in [0.15, 0.2) is 16.5 Å². The number of aryl methyl sites for hydroxylation is 1. The molecule has 1 aromatic heterocycles. The Morgan fingerprint density at radius 3 is 2.47 bits per heavy atom.